The van der Waals surface area contributed by atoms with Crippen LogP contribution < -0.4 is 10.2 Å². The van der Waals surface area contributed by atoms with Gasteiger partial charge < -0.3 is 10.2 Å². The number of anilines is 2. The highest BCUT2D eigenvalue weighted by molar-refractivity contribution is 7.13. The highest BCUT2D eigenvalue weighted by Crippen LogP contribution is 2.25. The van der Waals surface area contributed by atoms with Crippen molar-refractivity contribution in [2.75, 3.05) is 16.8 Å². The maximum Gasteiger partial charge on any atom is 0.231 e. The summed E-state index contributed by atoms with van der Waals surface area (Å²) >= 11 is 1.26. The normalized spacial score (nSPS) is 18.3. The standard InChI is InChI=1S/C13H12N4O2S/c18-11-6-9(12(19)15-13-16-14-8-20-13)7-17(11)10-4-2-1-3-5-10/h1-5,8-9H,6-7H2,(H,15,16,19). The molecule has 1 aliphatic rings. The van der Waals surface area contributed by atoms with Crippen LogP contribution in [0.5, 0.6) is 0 Å². The van der Waals surface area contributed by atoms with Crippen LogP contribution >= 0.6 is 11.3 Å². The fourth-order valence-corrected chi connectivity index (χ4v) is 2.62. The average Bonchev–Trinajstić information content (AvgIpc) is 3.09. The molecule has 0 spiro atoms. The molecule has 1 N–H and O–H groups in total. The fourth-order valence-electron chi connectivity index (χ4n) is 2.18. The van der Waals surface area contributed by atoms with Crippen molar-refractivity contribution >= 4 is 34.0 Å². The number of nitrogens with zero attached hydrogens (tertiary/aromatic N) is 3. The maximum absolute atomic E-state index is 12.1. The van der Waals surface area contributed by atoms with Crippen LogP contribution in [0.25, 0.3) is 0 Å². The van der Waals surface area contributed by atoms with Crippen LogP contribution in [0.4, 0.5) is 10.8 Å². The average molecular weight is 288 g/mol. The number of carbonyl (C=O) groups excluding carboxylic acids is 2. The van der Waals surface area contributed by atoms with E-state index in [1.807, 2.05) is 30.3 Å². The van der Waals surface area contributed by atoms with Crippen molar-refractivity contribution < 1.29 is 9.59 Å². The van der Waals surface area contributed by atoms with E-state index in [0.29, 0.717) is 11.7 Å². The monoisotopic (exact) mass is 288 g/mol. The molecule has 1 aliphatic heterocycles. The summed E-state index contributed by atoms with van der Waals surface area (Å²) in [6.45, 7) is 0.396. The molecule has 6 nitrogen and oxygen atoms in total. The number of rotatable bonds is 3. The topological polar surface area (TPSA) is 75.2 Å². The first kappa shape index (κ1) is 12.7. The molecular weight excluding hydrogens is 276 g/mol. The molecule has 0 aliphatic carbocycles. The minimum atomic E-state index is -0.355. The van der Waals surface area contributed by atoms with Gasteiger partial charge in [0.15, 0.2) is 0 Å². The largest absolute Gasteiger partial charge is 0.312 e. The van der Waals surface area contributed by atoms with Gasteiger partial charge in [0.2, 0.25) is 16.9 Å². The first-order valence-corrected chi connectivity index (χ1v) is 7.04. The number of aromatic nitrogens is 2. The van der Waals surface area contributed by atoms with E-state index >= 15 is 0 Å². The van der Waals surface area contributed by atoms with Crippen LogP contribution in [-0.4, -0.2) is 28.6 Å². The minimum absolute atomic E-state index is 0.0337. The van der Waals surface area contributed by atoms with E-state index in [1.54, 1.807) is 10.4 Å². The van der Waals surface area contributed by atoms with Crippen LogP contribution in [0, 0.1) is 5.92 Å². The van der Waals surface area contributed by atoms with Crippen LogP contribution in [0.3, 0.4) is 0 Å². The first-order chi connectivity index (χ1) is 9.74. The molecule has 0 saturated carbocycles. The van der Waals surface area contributed by atoms with Gasteiger partial charge in [0.25, 0.3) is 0 Å². The summed E-state index contributed by atoms with van der Waals surface area (Å²) in [7, 11) is 0. The number of amides is 2. The number of para-hydroxylation sites is 1. The van der Waals surface area contributed by atoms with Gasteiger partial charge >= 0.3 is 0 Å². The summed E-state index contributed by atoms with van der Waals surface area (Å²) in [6.07, 6.45) is 0.222. The SMILES string of the molecule is O=C(Nc1nncs1)C1CC(=O)N(c2ccccc2)C1. The molecule has 0 radical (unpaired) electrons. The van der Waals surface area contributed by atoms with Gasteiger partial charge in [-0.15, -0.1) is 10.2 Å². The first-order valence-electron chi connectivity index (χ1n) is 6.16. The lowest BCUT2D eigenvalue weighted by molar-refractivity contribution is -0.122. The van der Waals surface area contributed by atoms with E-state index in [4.69, 9.17) is 0 Å². The van der Waals surface area contributed by atoms with Crippen molar-refractivity contribution in [3.63, 3.8) is 0 Å². The van der Waals surface area contributed by atoms with Crippen molar-refractivity contribution in [3.8, 4) is 0 Å². The van der Waals surface area contributed by atoms with E-state index in [0.717, 1.165) is 5.69 Å². The Bertz CT molecular complexity index is 615. The zero-order valence-corrected chi connectivity index (χ0v) is 11.3. The zero-order valence-electron chi connectivity index (χ0n) is 10.5. The Hall–Kier alpha value is -2.28. The predicted molar refractivity (Wildman–Crippen MR) is 75.4 cm³/mol. The lowest BCUT2D eigenvalue weighted by Gasteiger charge is -2.16. The summed E-state index contributed by atoms with van der Waals surface area (Å²) in [5.74, 6) is -0.575. The zero-order chi connectivity index (χ0) is 13.9. The summed E-state index contributed by atoms with van der Waals surface area (Å²) in [5.41, 5.74) is 2.37. The molecular formula is C13H12N4O2S. The second-order valence-corrected chi connectivity index (χ2v) is 5.31. The molecule has 1 aromatic heterocycles. The third-order valence-electron chi connectivity index (χ3n) is 3.15. The third-order valence-corrected chi connectivity index (χ3v) is 3.76. The predicted octanol–water partition coefficient (Wildman–Crippen LogP) is 1.53. The van der Waals surface area contributed by atoms with E-state index in [-0.39, 0.29) is 24.2 Å². The molecule has 0 bridgehead atoms. The van der Waals surface area contributed by atoms with Crippen LogP contribution in [0.1, 0.15) is 6.42 Å². The molecule has 1 saturated heterocycles. The van der Waals surface area contributed by atoms with Gasteiger partial charge in [0.05, 0.1) is 5.92 Å². The number of carbonyl (C=O) groups is 2. The fraction of sp³-hybridized carbons (Fsp3) is 0.231. The Labute approximate surface area is 119 Å². The summed E-state index contributed by atoms with van der Waals surface area (Å²) in [6, 6.07) is 9.37. The second kappa shape index (κ2) is 5.38. The van der Waals surface area contributed by atoms with Crippen molar-refractivity contribution in [1.82, 2.24) is 10.2 Å². The Balaban J connectivity index is 1.69. The highest BCUT2D eigenvalue weighted by atomic mass is 32.1. The molecule has 2 heterocycles. The number of hydrogen-bond donors (Lipinski definition) is 1. The molecule has 1 atom stereocenters. The molecule has 3 rings (SSSR count). The van der Waals surface area contributed by atoms with E-state index in [9.17, 15) is 9.59 Å². The third kappa shape index (κ3) is 2.53. The number of benzene rings is 1. The van der Waals surface area contributed by atoms with Crippen molar-refractivity contribution in [2.45, 2.75) is 6.42 Å². The molecule has 7 heteroatoms. The summed E-state index contributed by atoms with van der Waals surface area (Å²) < 4.78 is 0. The number of nitrogens with one attached hydrogen (secondary N) is 1. The van der Waals surface area contributed by atoms with Gasteiger partial charge in [0.1, 0.15) is 5.51 Å². The molecule has 2 aromatic rings. The van der Waals surface area contributed by atoms with E-state index in [1.165, 1.54) is 11.3 Å². The Morgan fingerprint density at radius 2 is 2.15 bits per heavy atom. The van der Waals surface area contributed by atoms with Gasteiger partial charge in [0, 0.05) is 18.7 Å². The molecule has 102 valence electrons. The number of hydrogen-bond acceptors (Lipinski definition) is 5. The van der Waals surface area contributed by atoms with Gasteiger partial charge in [-0.1, -0.05) is 29.5 Å². The van der Waals surface area contributed by atoms with Gasteiger partial charge in [-0.3, -0.25) is 9.59 Å². The molecule has 1 aromatic carbocycles. The quantitative estimate of drug-likeness (QED) is 0.929. The summed E-state index contributed by atoms with van der Waals surface area (Å²) in [4.78, 5) is 25.7. The van der Waals surface area contributed by atoms with E-state index < -0.39 is 0 Å². The Kier molecular flexibility index (Phi) is 3.42. The van der Waals surface area contributed by atoms with Crippen molar-refractivity contribution in [3.05, 3.63) is 35.8 Å². The lowest BCUT2D eigenvalue weighted by Crippen LogP contribution is -2.28. The lowest BCUT2D eigenvalue weighted by atomic mass is 10.1. The Morgan fingerprint density at radius 3 is 2.85 bits per heavy atom. The van der Waals surface area contributed by atoms with Crippen molar-refractivity contribution in [2.24, 2.45) is 5.92 Å². The molecule has 1 fully saturated rings. The smallest absolute Gasteiger partial charge is 0.231 e. The van der Waals surface area contributed by atoms with Gasteiger partial charge in [-0.05, 0) is 12.1 Å². The van der Waals surface area contributed by atoms with Crippen LogP contribution in [-0.2, 0) is 9.59 Å². The second-order valence-electron chi connectivity index (χ2n) is 4.47. The summed E-state index contributed by atoms with van der Waals surface area (Å²) in [5, 5.41) is 10.6. The maximum atomic E-state index is 12.1. The van der Waals surface area contributed by atoms with Gasteiger partial charge in [-0.25, -0.2) is 0 Å². The van der Waals surface area contributed by atoms with Crippen LogP contribution in [0.2, 0.25) is 0 Å². The molecule has 2 amide bonds. The minimum Gasteiger partial charge on any atom is -0.312 e. The van der Waals surface area contributed by atoms with Crippen LogP contribution in [0.15, 0.2) is 35.8 Å². The molecule has 20 heavy (non-hydrogen) atoms. The van der Waals surface area contributed by atoms with Gasteiger partial charge in [-0.2, -0.15) is 0 Å². The van der Waals surface area contributed by atoms with Crippen molar-refractivity contribution in [1.29, 1.82) is 0 Å². The molecule has 1 unspecified atom stereocenters. The highest BCUT2D eigenvalue weighted by Gasteiger charge is 2.35. The van der Waals surface area contributed by atoms with E-state index in [2.05, 4.69) is 15.5 Å². The Morgan fingerprint density at radius 1 is 1.35 bits per heavy atom.